The first-order valence-corrected chi connectivity index (χ1v) is 7.44. The van der Waals surface area contributed by atoms with Crippen LogP contribution in [0.2, 0.25) is 0 Å². The summed E-state index contributed by atoms with van der Waals surface area (Å²) < 4.78 is 0. The fraction of sp³-hybridized carbons (Fsp3) is 0.667. The van der Waals surface area contributed by atoms with Gasteiger partial charge in [-0.2, -0.15) is 0 Å². The smallest absolute Gasteiger partial charge is 0.222 e. The number of carbonyl (C=O) groups is 1. The van der Waals surface area contributed by atoms with E-state index in [0.717, 1.165) is 30.3 Å². The van der Waals surface area contributed by atoms with Crippen molar-refractivity contribution in [2.75, 3.05) is 24.2 Å². The van der Waals surface area contributed by atoms with E-state index in [0.29, 0.717) is 13.0 Å². The van der Waals surface area contributed by atoms with Crippen LogP contribution in [0.3, 0.4) is 0 Å². The van der Waals surface area contributed by atoms with E-state index in [-0.39, 0.29) is 11.4 Å². The molecule has 0 saturated heterocycles. The van der Waals surface area contributed by atoms with Gasteiger partial charge in [-0.1, -0.05) is 6.92 Å². The summed E-state index contributed by atoms with van der Waals surface area (Å²) in [5, 5.41) is 9.14. The number of anilines is 2. The molecule has 6 heteroatoms. The normalized spacial score (nSPS) is 11.1. The van der Waals surface area contributed by atoms with Crippen molar-refractivity contribution >= 4 is 17.5 Å². The maximum absolute atomic E-state index is 11.7. The van der Waals surface area contributed by atoms with Gasteiger partial charge in [-0.25, -0.2) is 9.97 Å². The van der Waals surface area contributed by atoms with Crippen LogP contribution in [-0.2, 0) is 11.2 Å². The van der Waals surface area contributed by atoms with Crippen molar-refractivity contribution in [1.82, 2.24) is 15.3 Å². The summed E-state index contributed by atoms with van der Waals surface area (Å²) >= 11 is 0. The number of rotatable bonds is 7. The monoisotopic (exact) mass is 293 g/mol. The lowest BCUT2D eigenvalue weighted by Crippen LogP contribution is -2.41. The average Bonchev–Trinajstić information content (AvgIpc) is 2.36. The molecule has 0 fully saturated rings. The fourth-order valence-corrected chi connectivity index (χ4v) is 1.84. The van der Waals surface area contributed by atoms with Crippen LogP contribution in [0.5, 0.6) is 0 Å². The number of aromatic nitrogens is 2. The van der Waals surface area contributed by atoms with E-state index < -0.39 is 0 Å². The molecule has 1 aromatic rings. The summed E-state index contributed by atoms with van der Waals surface area (Å²) in [4.78, 5) is 20.6. The quantitative estimate of drug-likeness (QED) is 0.718. The van der Waals surface area contributed by atoms with Crippen LogP contribution >= 0.6 is 0 Å². The van der Waals surface area contributed by atoms with Crippen LogP contribution in [-0.4, -0.2) is 35.0 Å². The van der Waals surface area contributed by atoms with Gasteiger partial charge in [0.1, 0.15) is 17.5 Å². The Morgan fingerprint density at radius 2 is 1.90 bits per heavy atom. The van der Waals surface area contributed by atoms with Crippen molar-refractivity contribution in [3.8, 4) is 0 Å². The molecule has 0 aliphatic carbocycles. The molecule has 0 radical (unpaired) electrons. The average molecular weight is 293 g/mol. The van der Waals surface area contributed by atoms with E-state index in [1.165, 1.54) is 0 Å². The van der Waals surface area contributed by atoms with Gasteiger partial charge in [0.05, 0.1) is 0 Å². The van der Waals surface area contributed by atoms with Gasteiger partial charge in [0.15, 0.2) is 0 Å². The van der Waals surface area contributed by atoms with Gasteiger partial charge in [0, 0.05) is 38.0 Å². The third-order valence-electron chi connectivity index (χ3n) is 2.67. The first-order valence-electron chi connectivity index (χ1n) is 7.44. The topological polar surface area (TPSA) is 78.9 Å². The Balaban J connectivity index is 2.54. The van der Waals surface area contributed by atoms with E-state index in [9.17, 15) is 4.79 Å². The maximum atomic E-state index is 11.7. The third-order valence-corrected chi connectivity index (χ3v) is 2.67. The predicted molar refractivity (Wildman–Crippen MR) is 86.6 cm³/mol. The van der Waals surface area contributed by atoms with Crippen LogP contribution in [0.1, 0.15) is 46.4 Å². The highest BCUT2D eigenvalue weighted by molar-refractivity contribution is 5.77. The van der Waals surface area contributed by atoms with Crippen molar-refractivity contribution in [1.29, 1.82) is 0 Å². The van der Waals surface area contributed by atoms with Crippen LogP contribution in [0.25, 0.3) is 0 Å². The van der Waals surface area contributed by atoms with Gasteiger partial charge in [0.25, 0.3) is 0 Å². The number of nitrogens with zero attached hydrogens (tertiary/aromatic N) is 2. The van der Waals surface area contributed by atoms with E-state index >= 15 is 0 Å². The molecule has 0 bridgehead atoms. The lowest BCUT2D eigenvalue weighted by atomic mass is 10.1. The summed E-state index contributed by atoms with van der Waals surface area (Å²) in [7, 11) is 1.83. The molecule has 0 aromatic carbocycles. The lowest BCUT2D eigenvalue weighted by Gasteiger charge is -2.20. The number of carbonyl (C=O) groups excluding carboxylic acids is 1. The number of hydrogen-bond donors (Lipinski definition) is 3. The van der Waals surface area contributed by atoms with Gasteiger partial charge < -0.3 is 16.0 Å². The SMILES string of the molecule is CCCc1nc(NC)cc(NCCC(=O)NC(C)(C)C)n1. The Kier molecular flexibility index (Phi) is 6.39. The van der Waals surface area contributed by atoms with Crippen molar-refractivity contribution in [2.24, 2.45) is 0 Å². The molecule has 1 aromatic heterocycles. The Morgan fingerprint density at radius 1 is 1.24 bits per heavy atom. The number of aryl methyl sites for hydroxylation is 1. The predicted octanol–water partition coefficient (Wildman–Crippen LogP) is 2.19. The van der Waals surface area contributed by atoms with E-state index in [1.54, 1.807) is 0 Å². The molecule has 0 spiro atoms. The Morgan fingerprint density at radius 3 is 2.48 bits per heavy atom. The lowest BCUT2D eigenvalue weighted by molar-refractivity contribution is -0.122. The first-order chi connectivity index (χ1) is 9.84. The largest absolute Gasteiger partial charge is 0.373 e. The number of hydrogen-bond acceptors (Lipinski definition) is 5. The van der Waals surface area contributed by atoms with Crippen molar-refractivity contribution < 1.29 is 4.79 Å². The van der Waals surface area contributed by atoms with Crippen LogP contribution in [0.15, 0.2) is 6.07 Å². The minimum Gasteiger partial charge on any atom is -0.373 e. The highest BCUT2D eigenvalue weighted by Crippen LogP contribution is 2.12. The molecule has 0 aliphatic heterocycles. The molecule has 0 atom stereocenters. The van der Waals surface area contributed by atoms with Gasteiger partial charge in [-0.05, 0) is 27.2 Å². The van der Waals surface area contributed by atoms with Crippen LogP contribution < -0.4 is 16.0 Å². The minimum absolute atomic E-state index is 0.0340. The van der Waals surface area contributed by atoms with Crippen LogP contribution in [0, 0.1) is 0 Å². The molecule has 0 saturated carbocycles. The molecule has 21 heavy (non-hydrogen) atoms. The van der Waals surface area contributed by atoms with Gasteiger partial charge in [0.2, 0.25) is 5.91 Å². The fourth-order valence-electron chi connectivity index (χ4n) is 1.84. The molecular weight excluding hydrogens is 266 g/mol. The molecular formula is C15H27N5O. The minimum atomic E-state index is -0.195. The van der Waals surface area contributed by atoms with E-state index in [2.05, 4.69) is 32.8 Å². The van der Waals surface area contributed by atoms with Gasteiger partial charge in [-0.15, -0.1) is 0 Å². The summed E-state index contributed by atoms with van der Waals surface area (Å²) in [5.74, 6) is 2.38. The van der Waals surface area contributed by atoms with E-state index in [1.807, 2.05) is 33.9 Å². The summed E-state index contributed by atoms with van der Waals surface area (Å²) in [6, 6.07) is 1.85. The van der Waals surface area contributed by atoms with Crippen LogP contribution in [0.4, 0.5) is 11.6 Å². The summed E-state index contributed by atoms with van der Waals surface area (Å²) in [5.41, 5.74) is -0.195. The first kappa shape index (κ1) is 17.2. The van der Waals surface area contributed by atoms with Gasteiger partial charge >= 0.3 is 0 Å². The molecule has 6 nitrogen and oxygen atoms in total. The Hall–Kier alpha value is -1.85. The highest BCUT2D eigenvalue weighted by Gasteiger charge is 2.13. The zero-order valence-corrected chi connectivity index (χ0v) is 13.7. The van der Waals surface area contributed by atoms with Gasteiger partial charge in [-0.3, -0.25) is 4.79 Å². The highest BCUT2D eigenvalue weighted by atomic mass is 16.1. The second kappa shape index (κ2) is 7.81. The van der Waals surface area contributed by atoms with E-state index in [4.69, 9.17) is 0 Å². The standard InChI is InChI=1S/C15H27N5O/c1-6-7-11-18-12(16-5)10-13(19-11)17-9-8-14(21)20-15(2,3)4/h10H,6-9H2,1-5H3,(H,20,21)(H2,16,17,18,19). The summed E-state index contributed by atoms with van der Waals surface area (Å²) in [6.07, 6.45) is 2.26. The molecule has 0 unspecified atom stereocenters. The second-order valence-corrected chi connectivity index (χ2v) is 6.03. The zero-order valence-electron chi connectivity index (χ0n) is 13.7. The molecule has 3 N–H and O–H groups in total. The molecule has 1 rings (SSSR count). The molecule has 1 amide bonds. The Bertz CT molecular complexity index is 468. The Labute approximate surface area is 127 Å². The van der Waals surface area contributed by atoms with Crippen molar-refractivity contribution in [3.05, 3.63) is 11.9 Å². The second-order valence-electron chi connectivity index (χ2n) is 6.03. The third kappa shape index (κ3) is 6.92. The van der Waals surface area contributed by atoms with Crippen molar-refractivity contribution in [3.63, 3.8) is 0 Å². The van der Waals surface area contributed by atoms with Crippen molar-refractivity contribution in [2.45, 2.75) is 52.5 Å². The number of amides is 1. The number of nitrogens with one attached hydrogen (secondary N) is 3. The molecule has 118 valence electrons. The molecule has 0 aliphatic rings. The summed E-state index contributed by atoms with van der Waals surface area (Å²) in [6.45, 7) is 8.56. The maximum Gasteiger partial charge on any atom is 0.222 e. The zero-order chi connectivity index (χ0) is 15.9. The molecule has 1 heterocycles.